The number of carbonyl (C=O) groups excluding carboxylic acids is 1. The summed E-state index contributed by atoms with van der Waals surface area (Å²) >= 11 is 0. The molecule has 2 atom stereocenters. The maximum atomic E-state index is 13.7. The second-order valence-electron chi connectivity index (χ2n) is 8.70. The molecule has 0 spiro atoms. The SMILES string of the molecule is N#Cc1ccc(N2C3CCC2CN(C(=O)COC2(c4ccc(F)c(C#N)c4)CC2)C3)nc1. The number of benzene rings is 1. The summed E-state index contributed by atoms with van der Waals surface area (Å²) in [4.78, 5) is 21.5. The Kier molecular flexibility index (Phi) is 5.03. The van der Waals surface area contributed by atoms with E-state index in [9.17, 15) is 9.18 Å². The average Bonchev–Trinajstić information content (AvgIpc) is 3.57. The molecule has 2 saturated heterocycles. The van der Waals surface area contributed by atoms with Gasteiger partial charge in [-0.15, -0.1) is 0 Å². The normalized spacial score (nSPS) is 22.8. The van der Waals surface area contributed by atoms with Crippen molar-refractivity contribution < 1.29 is 13.9 Å². The highest BCUT2D eigenvalue weighted by atomic mass is 19.1. The van der Waals surface area contributed by atoms with Crippen LogP contribution in [0.1, 0.15) is 42.4 Å². The molecule has 32 heavy (non-hydrogen) atoms. The quantitative estimate of drug-likeness (QED) is 0.723. The molecule has 1 saturated carbocycles. The number of halogens is 1. The Bertz CT molecular complexity index is 1120. The summed E-state index contributed by atoms with van der Waals surface area (Å²) in [6.45, 7) is 1.19. The second-order valence-corrected chi connectivity index (χ2v) is 8.70. The van der Waals surface area contributed by atoms with Gasteiger partial charge in [-0.05, 0) is 55.5 Å². The monoisotopic (exact) mass is 431 g/mol. The number of rotatable bonds is 5. The van der Waals surface area contributed by atoms with Gasteiger partial charge in [-0.25, -0.2) is 9.37 Å². The molecule has 0 N–H and O–H groups in total. The first-order valence-electron chi connectivity index (χ1n) is 10.8. The van der Waals surface area contributed by atoms with Crippen LogP contribution >= 0.6 is 0 Å². The second kappa shape index (κ2) is 7.89. The molecular weight excluding hydrogens is 409 g/mol. The maximum Gasteiger partial charge on any atom is 0.248 e. The number of piperazine rings is 1. The Labute approximate surface area is 185 Å². The van der Waals surface area contributed by atoms with Crippen LogP contribution in [0.2, 0.25) is 0 Å². The predicted octanol–water partition coefficient (Wildman–Crippen LogP) is 2.85. The molecule has 3 fully saturated rings. The fourth-order valence-electron chi connectivity index (χ4n) is 4.90. The van der Waals surface area contributed by atoms with Crippen LogP contribution < -0.4 is 4.90 Å². The number of carbonyl (C=O) groups is 1. The molecule has 7 nitrogen and oxygen atoms in total. The number of ether oxygens (including phenoxy) is 1. The van der Waals surface area contributed by atoms with E-state index in [2.05, 4.69) is 16.0 Å². The van der Waals surface area contributed by atoms with E-state index < -0.39 is 11.4 Å². The van der Waals surface area contributed by atoms with Crippen LogP contribution in [-0.4, -0.2) is 47.6 Å². The minimum absolute atomic E-state index is 0.00666. The van der Waals surface area contributed by atoms with E-state index in [1.165, 1.54) is 12.1 Å². The van der Waals surface area contributed by atoms with Crippen LogP contribution in [0.25, 0.3) is 0 Å². The minimum Gasteiger partial charge on any atom is -0.360 e. The first-order chi connectivity index (χ1) is 15.5. The molecule has 0 radical (unpaired) electrons. The largest absolute Gasteiger partial charge is 0.360 e. The van der Waals surface area contributed by atoms with Crippen molar-refractivity contribution in [2.75, 3.05) is 24.6 Å². The molecule has 162 valence electrons. The molecule has 2 aliphatic heterocycles. The molecule has 2 unspecified atom stereocenters. The highest BCUT2D eigenvalue weighted by Gasteiger charge is 2.47. The minimum atomic E-state index is -0.595. The van der Waals surface area contributed by atoms with Crippen LogP contribution in [0.4, 0.5) is 10.2 Å². The average molecular weight is 431 g/mol. The summed E-state index contributed by atoms with van der Waals surface area (Å²) in [5, 5.41) is 18.1. The lowest BCUT2D eigenvalue weighted by Gasteiger charge is -2.41. The van der Waals surface area contributed by atoms with Crippen LogP contribution in [-0.2, 0) is 15.1 Å². The summed E-state index contributed by atoms with van der Waals surface area (Å²) < 4.78 is 19.7. The molecule has 1 amide bonds. The lowest BCUT2D eigenvalue weighted by molar-refractivity contribution is -0.140. The van der Waals surface area contributed by atoms with Gasteiger partial charge in [-0.1, -0.05) is 6.07 Å². The summed E-state index contributed by atoms with van der Waals surface area (Å²) in [6, 6.07) is 12.4. The molecule has 1 aliphatic carbocycles. The van der Waals surface area contributed by atoms with E-state index >= 15 is 0 Å². The predicted molar refractivity (Wildman–Crippen MR) is 113 cm³/mol. The van der Waals surface area contributed by atoms with E-state index in [1.807, 2.05) is 17.0 Å². The first kappa shape index (κ1) is 20.4. The first-order valence-corrected chi connectivity index (χ1v) is 10.8. The third kappa shape index (κ3) is 3.57. The van der Waals surface area contributed by atoms with Crippen LogP contribution in [0.3, 0.4) is 0 Å². The number of aromatic nitrogens is 1. The number of pyridine rings is 1. The van der Waals surface area contributed by atoms with E-state index in [0.29, 0.717) is 18.7 Å². The molecule has 1 aromatic carbocycles. The van der Waals surface area contributed by atoms with Crippen LogP contribution in [0.5, 0.6) is 0 Å². The number of hydrogen-bond acceptors (Lipinski definition) is 6. The number of likely N-dealkylation sites (tertiary alicyclic amines) is 1. The van der Waals surface area contributed by atoms with Crippen molar-refractivity contribution >= 4 is 11.7 Å². The number of nitrogens with zero attached hydrogens (tertiary/aromatic N) is 5. The Hall–Kier alpha value is -3.49. The van der Waals surface area contributed by atoms with Gasteiger partial charge in [0.2, 0.25) is 5.91 Å². The van der Waals surface area contributed by atoms with Gasteiger partial charge in [0.05, 0.1) is 16.7 Å². The number of fused-ring (bicyclic) bond motifs is 2. The Morgan fingerprint density at radius 2 is 1.91 bits per heavy atom. The topological polar surface area (TPSA) is 93.3 Å². The lowest BCUT2D eigenvalue weighted by atomic mass is 10.0. The standard InChI is InChI=1S/C24H22FN5O2/c25-21-5-2-18(9-17(21)11-27)24(7-8-24)32-15-23(31)29-13-19-3-4-20(14-29)30(19)22-6-1-16(10-26)12-28-22/h1-2,5-6,9,12,19-20H,3-4,7-8,13-15H2. The van der Waals surface area contributed by atoms with Crippen molar-refractivity contribution in [3.8, 4) is 12.1 Å². The molecule has 3 heterocycles. The molecule has 1 aromatic heterocycles. The van der Waals surface area contributed by atoms with Crippen molar-refractivity contribution in [1.82, 2.24) is 9.88 Å². The lowest BCUT2D eigenvalue weighted by Crippen LogP contribution is -2.56. The number of hydrogen-bond donors (Lipinski definition) is 0. The Morgan fingerprint density at radius 1 is 1.16 bits per heavy atom. The smallest absolute Gasteiger partial charge is 0.248 e. The van der Waals surface area contributed by atoms with Gasteiger partial charge < -0.3 is 14.5 Å². The van der Waals surface area contributed by atoms with E-state index in [4.69, 9.17) is 15.3 Å². The van der Waals surface area contributed by atoms with Crippen LogP contribution in [0.15, 0.2) is 36.5 Å². The van der Waals surface area contributed by atoms with Crippen molar-refractivity contribution in [2.24, 2.45) is 0 Å². The fraction of sp³-hybridized carbons (Fsp3) is 0.417. The third-order valence-corrected chi connectivity index (χ3v) is 6.77. The van der Waals surface area contributed by atoms with Crippen molar-refractivity contribution in [1.29, 1.82) is 10.5 Å². The van der Waals surface area contributed by atoms with Gasteiger partial charge in [0, 0.05) is 31.4 Å². The molecular formula is C24H22FN5O2. The Morgan fingerprint density at radius 3 is 2.50 bits per heavy atom. The van der Waals surface area contributed by atoms with Gasteiger partial charge in [0.25, 0.3) is 0 Å². The summed E-state index contributed by atoms with van der Waals surface area (Å²) in [5.74, 6) is 0.248. The molecule has 5 rings (SSSR count). The Balaban J connectivity index is 1.22. The number of amides is 1. The molecule has 3 aliphatic rings. The summed E-state index contributed by atoms with van der Waals surface area (Å²) in [7, 11) is 0. The maximum absolute atomic E-state index is 13.7. The van der Waals surface area contributed by atoms with E-state index in [1.54, 1.807) is 18.3 Å². The van der Waals surface area contributed by atoms with Crippen molar-refractivity contribution in [3.05, 3.63) is 59.0 Å². The van der Waals surface area contributed by atoms with Gasteiger partial charge in [0.1, 0.15) is 30.4 Å². The zero-order chi connectivity index (χ0) is 22.3. The third-order valence-electron chi connectivity index (χ3n) is 6.77. The fourth-order valence-corrected chi connectivity index (χ4v) is 4.90. The van der Waals surface area contributed by atoms with Gasteiger partial charge in [-0.3, -0.25) is 4.79 Å². The van der Waals surface area contributed by atoms with Gasteiger partial charge in [0.15, 0.2) is 0 Å². The molecule has 2 bridgehead atoms. The zero-order valence-corrected chi connectivity index (χ0v) is 17.5. The zero-order valence-electron chi connectivity index (χ0n) is 17.5. The van der Waals surface area contributed by atoms with Gasteiger partial charge in [-0.2, -0.15) is 10.5 Å². The van der Waals surface area contributed by atoms with E-state index in [-0.39, 0.29) is 30.2 Å². The van der Waals surface area contributed by atoms with E-state index in [0.717, 1.165) is 37.1 Å². The molecule has 8 heteroatoms. The summed E-state index contributed by atoms with van der Waals surface area (Å²) in [6.07, 6.45) is 5.07. The number of anilines is 1. The van der Waals surface area contributed by atoms with Crippen LogP contribution in [0, 0.1) is 28.5 Å². The number of nitriles is 2. The van der Waals surface area contributed by atoms with Gasteiger partial charge >= 0.3 is 0 Å². The van der Waals surface area contributed by atoms with Crippen molar-refractivity contribution in [3.63, 3.8) is 0 Å². The molecule has 2 aromatic rings. The highest BCUT2D eigenvalue weighted by molar-refractivity contribution is 5.78. The van der Waals surface area contributed by atoms with Crippen molar-refractivity contribution in [2.45, 2.75) is 43.4 Å². The highest BCUT2D eigenvalue weighted by Crippen LogP contribution is 2.49. The summed E-state index contributed by atoms with van der Waals surface area (Å²) in [5.41, 5.74) is 0.680.